The molecule has 0 aromatic carbocycles. The molecule has 5 heteroatoms. The molecule has 1 aromatic heterocycles. The lowest BCUT2D eigenvalue weighted by atomic mass is 10.0. The molecular weight excluding hydrogens is 289 g/mol. The minimum Gasteiger partial charge on any atom is -0.369 e. The molecule has 3 nitrogen and oxygen atoms in total. The number of hydrogen-bond donors (Lipinski definition) is 2. The van der Waals surface area contributed by atoms with E-state index in [-0.39, 0.29) is 0 Å². The van der Waals surface area contributed by atoms with Crippen molar-refractivity contribution in [1.82, 2.24) is 4.98 Å². The zero-order valence-electron chi connectivity index (χ0n) is 9.34. The van der Waals surface area contributed by atoms with Crippen LogP contribution in [0.5, 0.6) is 0 Å². The topological polar surface area (TPSA) is 50.9 Å². The first-order valence-electron chi connectivity index (χ1n) is 5.42. The maximum absolute atomic E-state index is 6.05. The first-order valence-corrected chi connectivity index (χ1v) is 6.59. The predicted octanol–water partition coefficient (Wildman–Crippen LogP) is 3.28. The van der Waals surface area contributed by atoms with Crippen molar-refractivity contribution in [3.8, 4) is 0 Å². The van der Waals surface area contributed by atoms with Gasteiger partial charge in [-0.25, -0.2) is 4.98 Å². The van der Waals surface area contributed by atoms with Crippen molar-refractivity contribution >= 4 is 33.3 Å². The Bertz CT molecular complexity index is 333. The minimum atomic E-state index is 0.575. The van der Waals surface area contributed by atoms with E-state index in [0.717, 1.165) is 36.2 Å². The standard InChI is InChI=1S/C11H17BrClN3/c1-2-8(3-4-14)6-15-11-10(13)5-9(12)7-16-11/h5,7-8H,2-4,6,14H2,1H3,(H,15,16). The second kappa shape index (κ2) is 7.09. The molecule has 0 aliphatic carbocycles. The van der Waals surface area contributed by atoms with Crippen molar-refractivity contribution < 1.29 is 0 Å². The largest absolute Gasteiger partial charge is 0.369 e. The van der Waals surface area contributed by atoms with Gasteiger partial charge in [-0.2, -0.15) is 0 Å². The molecule has 1 heterocycles. The van der Waals surface area contributed by atoms with Crippen molar-refractivity contribution in [2.24, 2.45) is 11.7 Å². The molecule has 3 N–H and O–H groups in total. The van der Waals surface area contributed by atoms with Gasteiger partial charge < -0.3 is 11.1 Å². The third kappa shape index (κ3) is 4.28. The molecule has 16 heavy (non-hydrogen) atoms. The molecule has 0 saturated heterocycles. The maximum atomic E-state index is 6.05. The van der Waals surface area contributed by atoms with Crippen LogP contribution in [0.15, 0.2) is 16.7 Å². The first kappa shape index (κ1) is 13.7. The highest BCUT2D eigenvalue weighted by molar-refractivity contribution is 9.10. The van der Waals surface area contributed by atoms with Crippen LogP contribution in [0.4, 0.5) is 5.82 Å². The van der Waals surface area contributed by atoms with Crippen LogP contribution in [0.1, 0.15) is 19.8 Å². The van der Waals surface area contributed by atoms with Gasteiger partial charge in [0.2, 0.25) is 0 Å². The van der Waals surface area contributed by atoms with Gasteiger partial charge in [-0.3, -0.25) is 0 Å². The minimum absolute atomic E-state index is 0.575. The average Bonchev–Trinajstić information content (AvgIpc) is 2.26. The molecule has 0 amide bonds. The number of nitrogens with two attached hydrogens (primary N) is 1. The van der Waals surface area contributed by atoms with E-state index in [1.54, 1.807) is 6.20 Å². The van der Waals surface area contributed by atoms with Gasteiger partial charge in [0.25, 0.3) is 0 Å². The van der Waals surface area contributed by atoms with Gasteiger partial charge in [0, 0.05) is 17.2 Å². The SMILES string of the molecule is CCC(CCN)CNc1ncc(Br)cc1Cl. The molecule has 0 saturated carbocycles. The van der Waals surface area contributed by atoms with E-state index in [1.807, 2.05) is 6.07 Å². The molecule has 90 valence electrons. The lowest BCUT2D eigenvalue weighted by Crippen LogP contribution is -2.18. The summed E-state index contributed by atoms with van der Waals surface area (Å²) in [6.45, 7) is 3.75. The lowest BCUT2D eigenvalue weighted by Gasteiger charge is -2.15. The summed E-state index contributed by atoms with van der Waals surface area (Å²) < 4.78 is 0.886. The Morgan fingerprint density at radius 3 is 2.94 bits per heavy atom. The average molecular weight is 307 g/mol. The Morgan fingerprint density at radius 1 is 1.62 bits per heavy atom. The maximum Gasteiger partial charge on any atom is 0.144 e. The van der Waals surface area contributed by atoms with Crippen molar-refractivity contribution in [3.05, 3.63) is 21.8 Å². The second-order valence-electron chi connectivity index (χ2n) is 3.72. The highest BCUT2D eigenvalue weighted by Gasteiger charge is 2.07. The molecular formula is C11H17BrClN3. The van der Waals surface area contributed by atoms with E-state index in [0.29, 0.717) is 10.9 Å². The highest BCUT2D eigenvalue weighted by atomic mass is 79.9. The number of pyridine rings is 1. The first-order chi connectivity index (χ1) is 7.67. The van der Waals surface area contributed by atoms with Gasteiger partial charge >= 0.3 is 0 Å². The highest BCUT2D eigenvalue weighted by Crippen LogP contribution is 2.23. The number of nitrogens with zero attached hydrogens (tertiary/aromatic N) is 1. The molecule has 0 spiro atoms. The van der Waals surface area contributed by atoms with Crippen molar-refractivity contribution in [2.45, 2.75) is 19.8 Å². The number of hydrogen-bond acceptors (Lipinski definition) is 3. The lowest BCUT2D eigenvalue weighted by molar-refractivity contribution is 0.501. The van der Waals surface area contributed by atoms with E-state index in [4.69, 9.17) is 17.3 Å². The summed E-state index contributed by atoms with van der Waals surface area (Å²) in [4.78, 5) is 4.22. The van der Waals surface area contributed by atoms with E-state index in [1.165, 1.54) is 0 Å². The Balaban J connectivity index is 2.53. The van der Waals surface area contributed by atoms with E-state index in [9.17, 15) is 0 Å². The van der Waals surface area contributed by atoms with Gasteiger partial charge in [0.05, 0.1) is 5.02 Å². The molecule has 1 aromatic rings. The van der Waals surface area contributed by atoms with Crippen LogP contribution in [-0.4, -0.2) is 18.1 Å². The molecule has 0 fully saturated rings. The fraction of sp³-hybridized carbons (Fsp3) is 0.545. The van der Waals surface area contributed by atoms with Gasteiger partial charge in [-0.05, 0) is 40.9 Å². The van der Waals surface area contributed by atoms with Crippen LogP contribution in [0.2, 0.25) is 5.02 Å². The van der Waals surface area contributed by atoms with Crippen LogP contribution in [0.3, 0.4) is 0 Å². The number of rotatable bonds is 6. The summed E-state index contributed by atoms with van der Waals surface area (Å²) in [5.41, 5.74) is 5.55. The van der Waals surface area contributed by atoms with Gasteiger partial charge in [0.15, 0.2) is 0 Å². The number of nitrogens with one attached hydrogen (secondary N) is 1. The second-order valence-corrected chi connectivity index (χ2v) is 5.04. The Morgan fingerprint density at radius 2 is 2.38 bits per heavy atom. The van der Waals surface area contributed by atoms with Crippen LogP contribution in [0, 0.1) is 5.92 Å². The molecule has 0 aliphatic rings. The molecule has 0 bridgehead atoms. The monoisotopic (exact) mass is 305 g/mol. The third-order valence-electron chi connectivity index (χ3n) is 2.52. The van der Waals surface area contributed by atoms with Crippen LogP contribution in [0.25, 0.3) is 0 Å². The van der Waals surface area contributed by atoms with Crippen molar-refractivity contribution in [1.29, 1.82) is 0 Å². The fourth-order valence-electron chi connectivity index (χ4n) is 1.47. The van der Waals surface area contributed by atoms with E-state index >= 15 is 0 Å². The Hall–Kier alpha value is -0.320. The number of halogens is 2. The van der Waals surface area contributed by atoms with Gasteiger partial charge in [0.1, 0.15) is 5.82 Å². The fourth-order valence-corrected chi connectivity index (χ4v) is 2.17. The van der Waals surface area contributed by atoms with Gasteiger partial charge in [-0.15, -0.1) is 0 Å². The predicted molar refractivity (Wildman–Crippen MR) is 72.9 cm³/mol. The van der Waals surface area contributed by atoms with Crippen molar-refractivity contribution in [3.63, 3.8) is 0 Å². The molecule has 0 radical (unpaired) electrons. The molecule has 1 atom stereocenters. The Labute approximate surface area is 110 Å². The molecule has 1 unspecified atom stereocenters. The van der Waals surface area contributed by atoms with Crippen molar-refractivity contribution in [2.75, 3.05) is 18.4 Å². The summed E-state index contributed by atoms with van der Waals surface area (Å²) in [6, 6.07) is 1.83. The molecule has 1 rings (SSSR count). The van der Waals surface area contributed by atoms with Crippen LogP contribution >= 0.6 is 27.5 Å². The summed E-state index contributed by atoms with van der Waals surface area (Å²) in [6.07, 6.45) is 3.87. The van der Waals surface area contributed by atoms with E-state index < -0.39 is 0 Å². The number of anilines is 1. The molecule has 0 aliphatic heterocycles. The van der Waals surface area contributed by atoms with Crippen LogP contribution in [-0.2, 0) is 0 Å². The van der Waals surface area contributed by atoms with Crippen LogP contribution < -0.4 is 11.1 Å². The normalized spacial score (nSPS) is 12.5. The quantitative estimate of drug-likeness (QED) is 0.848. The third-order valence-corrected chi connectivity index (χ3v) is 3.24. The summed E-state index contributed by atoms with van der Waals surface area (Å²) in [5, 5.41) is 3.89. The van der Waals surface area contributed by atoms with Gasteiger partial charge in [-0.1, -0.05) is 24.9 Å². The zero-order valence-corrected chi connectivity index (χ0v) is 11.7. The smallest absolute Gasteiger partial charge is 0.144 e. The summed E-state index contributed by atoms with van der Waals surface area (Å²) >= 11 is 9.38. The summed E-state index contributed by atoms with van der Waals surface area (Å²) in [7, 11) is 0. The van der Waals surface area contributed by atoms with E-state index in [2.05, 4.69) is 33.2 Å². The Kier molecular flexibility index (Phi) is 6.09. The zero-order chi connectivity index (χ0) is 12.0. The number of aromatic nitrogens is 1. The summed E-state index contributed by atoms with van der Waals surface area (Å²) in [5.74, 6) is 1.31.